The van der Waals surface area contributed by atoms with Crippen molar-refractivity contribution in [1.82, 2.24) is 30.1 Å². The van der Waals surface area contributed by atoms with Crippen LogP contribution >= 0.6 is 11.3 Å². The van der Waals surface area contributed by atoms with Gasteiger partial charge in [0.15, 0.2) is 0 Å². The van der Waals surface area contributed by atoms with Crippen LogP contribution in [-0.4, -0.2) is 118 Å². The molecule has 12 nitrogen and oxygen atoms in total. The van der Waals surface area contributed by atoms with Gasteiger partial charge in [0.2, 0.25) is 17.8 Å². The number of nitrogens with one attached hydrogen (secondary N) is 1. The molecule has 0 bridgehead atoms. The molecule has 3 fully saturated rings. The third-order valence-electron chi connectivity index (χ3n) is 10.6. The SMILES string of the molecule is C[C@@H](OCC1(CO)CC=CCC1)[C@H](NC(=O)[C@@H]1CN(C(=O)c2cncs2)CC12CN(c1ncccn1)C2)C(=O)N1CCC(C(F)(F)F)CC1. The number of nitrogens with zero attached hydrogens (tertiary/aromatic N) is 6. The average Bonchev–Trinajstić information content (AvgIpc) is 3.78. The Labute approximate surface area is 286 Å². The number of amides is 3. The van der Waals surface area contributed by atoms with E-state index in [-0.39, 0.29) is 51.6 Å². The molecule has 2 aromatic heterocycles. The zero-order valence-electron chi connectivity index (χ0n) is 27.3. The van der Waals surface area contributed by atoms with Crippen molar-refractivity contribution >= 4 is 35.0 Å². The van der Waals surface area contributed by atoms with Crippen LogP contribution < -0.4 is 10.2 Å². The molecule has 1 aliphatic carbocycles. The minimum absolute atomic E-state index is 0.0933. The number of carbonyl (C=O) groups excluding carboxylic acids is 3. The molecule has 4 aliphatic rings. The molecule has 6 rings (SSSR count). The van der Waals surface area contributed by atoms with Crippen molar-refractivity contribution in [3.05, 3.63) is 47.2 Å². The lowest BCUT2D eigenvalue weighted by molar-refractivity contribution is -0.187. The Kier molecular flexibility index (Phi) is 10.3. The lowest BCUT2D eigenvalue weighted by Crippen LogP contribution is -2.65. The normalized spacial score (nSPS) is 25.2. The second-order valence-electron chi connectivity index (χ2n) is 13.9. The number of ether oxygens (including phenoxy) is 1. The van der Waals surface area contributed by atoms with Crippen molar-refractivity contribution in [2.24, 2.45) is 22.7 Å². The van der Waals surface area contributed by atoms with E-state index in [0.717, 1.165) is 6.42 Å². The third kappa shape index (κ3) is 7.45. The van der Waals surface area contributed by atoms with E-state index in [1.54, 1.807) is 35.8 Å². The Hall–Kier alpha value is -3.63. The van der Waals surface area contributed by atoms with Crippen LogP contribution in [0.2, 0.25) is 0 Å². The van der Waals surface area contributed by atoms with Crippen LogP contribution in [0.3, 0.4) is 0 Å². The molecule has 3 amide bonds. The number of allylic oxidation sites excluding steroid dienone is 2. The summed E-state index contributed by atoms with van der Waals surface area (Å²) in [6.45, 7) is 2.72. The predicted molar refractivity (Wildman–Crippen MR) is 173 cm³/mol. The molecule has 0 aromatic carbocycles. The topological polar surface area (TPSA) is 141 Å². The van der Waals surface area contributed by atoms with Crippen molar-refractivity contribution in [1.29, 1.82) is 0 Å². The van der Waals surface area contributed by atoms with E-state index in [1.165, 1.54) is 22.4 Å². The highest BCUT2D eigenvalue weighted by atomic mass is 32.1. The first-order valence-corrected chi connectivity index (χ1v) is 17.5. The highest BCUT2D eigenvalue weighted by Gasteiger charge is 2.59. The highest BCUT2D eigenvalue weighted by Crippen LogP contribution is 2.46. The van der Waals surface area contributed by atoms with Crippen LogP contribution in [0, 0.1) is 22.7 Å². The second-order valence-corrected chi connectivity index (χ2v) is 14.8. The fourth-order valence-electron chi connectivity index (χ4n) is 7.52. The molecule has 16 heteroatoms. The van der Waals surface area contributed by atoms with Crippen LogP contribution in [0.25, 0.3) is 0 Å². The van der Waals surface area contributed by atoms with Gasteiger partial charge in [-0.15, -0.1) is 11.3 Å². The standard InChI is InChI=1S/C33H42F3N7O5S/c1-22(48-20-31(19-44)8-3-2-4-9-31)26(29(47)41-12-6-23(7-13-41)33(34,35)36)40-27(45)24-15-42(28(46)25-14-37-21-49-25)16-32(24)17-43(18-32)30-38-10-5-11-39-30/h2-3,5,10-11,14,21-24,26,44H,4,6-9,12-13,15-20H2,1H3,(H,40,45)/t22-,24+,26+,31?/m1/s1. The van der Waals surface area contributed by atoms with Gasteiger partial charge >= 0.3 is 6.18 Å². The van der Waals surface area contributed by atoms with Crippen molar-refractivity contribution in [3.8, 4) is 0 Å². The molecule has 1 spiro atoms. The third-order valence-corrected chi connectivity index (χ3v) is 11.4. The molecule has 4 atom stereocenters. The zero-order chi connectivity index (χ0) is 34.8. The number of aromatic nitrogens is 3. The van der Waals surface area contributed by atoms with E-state index in [9.17, 15) is 32.7 Å². The van der Waals surface area contributed by atoms with Gasteiger partial charge in [-0.2, -0.15) is 13.2 Å². The van der Waals surface area contributed by atoms with Crippen LogP contribution in [-0.2, 0) is 14.3 Å². The Morgan fingerprint density at radius 1 is 1.12 bits per heavy atom. The van der Waals surface area contributed by atoms with E-state index in [2.05, 4.69) is 20.3 Å². The maximum absolute atomic E-state index is 14.3. The van der Waals surface area contributed by atoms with Crippen molar-refractivity contribution in [2.45, 2.75) is 57.3 Å². The number of rotatable bonds is 10. The molecular weight excluding hydrogens is 663 g/mol. The number of anilines is 1. The highest BCUT2D eigenvalue weighted by molar-refractivity contribution is 7.11. The lowest BCUT2D eigenvalue weighted by atomic mass is 9.71. The summed E-state index contributed by atoms with van der Waals surface area (Å²) in [5, 5.41) is 13.2. The molecule has 5 heterocycles. The van der Waals surface area contributed by atoms with Gasteiger partial charge in [0.05, 0.1) is 42.9 Å². The number of carbonyl (C=O) groups is 3. The lowest BCUT2D eigenvalue weighted by Gasteiger charge is -2.50. The summed E-state index contributed by atoms with van der Waals surface area (Å²) in [6, 6.07) is 0.515. The Bertz CT molecular complexity index is 1500. The average molecular weight is 706 g/mol. The number of halogens is 3. The van der Waals surface area contributed by atoms with E-state index in [0.29, 0.717) is 43.3 Å². The summed E-state index contributed by atoms with van der Waals surface area (Å²) in [6.07, 6.45) is 5.22. The van der Waals surface area contributed by atoms with E-state index in [4.69, 9.17) is 4.74 Å². The first-order chi connectivity index (χ1) is 23.4. The van der Waals surface area contributed by atoms with Gasteiger partial charge in [0, 0.05) is 62.5 Å². The van der Waals surface area contributed by atoms with Crippen LogP contribution in [0.1, 0.15) is 48.7 Å². The Balaban J connectivity index is 1.22. The number of hydrogen-bond acceptors (Lipinski definition) is 10. The van der Waals surface area contributed by atoms with Gasteiger partial charge in [-0.1, -0.05) is 12.2 Å². The minimum atomic E-state index is -4.34. The summed E-state index contributed by atoms with van der Waals surface area (Å²) in [4.78, 5) is 59.9. The van der Waals surface area contributed by atoms with Crippen LogP contribution in [0.4, 0.5) is 19.1 Å². The van der Waals surface area contributed by atoms with Gasteiger partial charge in [-0.25, -0.2) is 9.97 Å². The number of aliphatic hydroxyl groups is 1. The van der Waals surface area contributed by atoms with Gasteiger partial charge in [0.25, 0.3) is 5.91 Å². The number of piperidine rings is 1. The first-order valence-electron chi connectivity index (χ1n) is 16.7. The first kappa shape index (κ1) is 35.2. The Morgan fingerprint density at radius 3 is 2.47 bits per heavy atom. The number of alkyl halides is 3. The minimum Gasteiger partial charge on any atom is -0.396 e. The Morgan fingerprint density at radius 2 is 1.86 bits per heavy atom. The van der Waals surface area contributed by atoms with Crippen molar-refractivity contribution in [2.75, 3.05) is 57.4 Å². The summed E-state index contributed by atoms with van der Waals surface area (Å²) in [5.41, 5.74) is 0.385. The summed E-state index contributed by atoms with van der Waals surface area (Å²) in [5.74, 6) is -2.87. The molecular formula is C33H42F3N7O5S. The smallest absolute Gasteiger partial charge is 0.391 e. The van der Waals surface area contributed by atoms with Crippen LogP contribution in [0.15, 0.2) is 42.3 Å². The zero-order valence-corrected chi connectivity index (χ0v) is 28.2. The fraction of sp³-hybridized carbons (Fsp3) is 0.636. The number of hydrogen-bond donors (Lipinski definition) is 2. The number of thiazole rings is 1. The molecule has 0 saturated carbocycles. The summed E-state index contributed by atoms with van der Waals surface area (Å²) >= 11 is 1.21. The summed E-state index contributed by atoms with van der Waals surface area (Å²) in [7, 11) is 0. The van der Waals surface area contributed by atoms with Gasteiger partial charge in [-0.3, -0.25) is 19.4 Å². The van der Waals surface area contributed by atoms with E-state index < -0.39 is 52.8 Å². The monoisotopic (exact) mass is 705 g/mol. The predicted octanol–water partition coefficient (Wildman–Crippen LogP) is 2.92. The molecule has 0 radical (unpaired) electrons. The van der Waals surface area contributed by atoms with Crippen molar-refractivity contribution < 1.29 is 37.4 Å². The maximum atomic E-state index is 14.3. The molecule has 2 aromatic rings. The quantitative estimate of drug-likeness (QED) is 0.357. The fourth-order valence-corrected chi connectivity index (χ4v) is 8.10. The maximum Gasteiger partial charge on any atom is 0.391 e. The molecule has 1 unspecified atom stereocenters. The van der Waals surface area contributed by atoms with Gasteiger partial charge in [-0.05, 0) is 45.1 Å². The number of aliphatic hydroxyl groups excluding tert-OH is 1. The molecule has 3 aliphatic heterocycles. The van der Waals surface area contributed by atoms with Gasteiger partial charge in [0.1, 0.15) is 10.9 Å². The van der Waals surface area contributed by atoms with E-state index in [1.807, 2.05) is 17.1 Å². The summed E-state index contributed by atoms with van der Waals surface area (Å²) < 4.78 is 46.5. The van der Waals surface area contributed by atoms with E-state index >= 15 is 0 Å². The largest absolute Gasteiger partial charge is 0.396 e. The molecule has 3 saturated heterocycles. The molecule has 266 valence electrons. The second kappa shape index (κ2) is 14.3. The van der Waals surface area contributed by atoms with Crippen LogP contribution in [0.5, 0.6) is 0 Å². The molecule has 2 N–H and O–H groups in total. The number of likely N-dealkylation sites (tertiary alicyclic amines) is 2. The van der Waals surface area contributed by atoms with Gasteiger partial charge < -0.3 is 29.9 Å². The molecule has 49 heavy (non-hydrogen) atoms. The van der Waals surface area contributed by atoms with Crippen molar-refractivity contribution in [3.63, 3.8) is 0 Å².